The van der Waals surface area contributed by atoms with Gasteiger partial charge in [0.1, 0.15) is 0 Å². The van der Waals surface area contributed by atoms with Crippen LogP contribution >= 0.6 is 0 Å². The van der Waals surface area contributed by atoms with Gasteiger partial charge in [0.05, 0.1) is 33.4 Å². The van der Waals surface area contributed by atoms with Gasteiger partial charge in [0, 0.05) is 66.5 Å². The second-order valence-corrected chi connectivity index (χ2v) is 21.8. The highest BCUT2D eigenvalue weighted by atomic mass is 15.2. The lowest BCUT2D eigenvalue weighted by molar-refractivity contribution is 0.630. The number of rotatable bonds is 8. The first-order chi connectivity index (χ1) is 37.2. The van der Waals surface area contributed by atoms with Crippen LogP contribution in [-0.4, -0.2) is 9.13 Å². The number of hydrogen-bond donors (Lipinski definition) is 0. The average molecular weight is 975 g/mol. The summed E-state index contributed by atoms with van der Waals surface area (Å²) in [5.41, 5.74) is 23.8. The van der Waals surface area contributed by atoms with Gasteiger partial charge in [0.2, 0.25) is 0 Å². The van der Waals surface area contributed by atoms with Crippen LogP contribution in [0.1, 0.15) is 49.9 Å². The molecule has 0 radical (unpaired) electrons. The second-order valence-electron chi connectivity index (χ2n) is 21.8. The maximum atomic E-state index is 2.53. The molecule has 362 valence electrons. The van der Waals surface area contributed by atoms with Crippen molar-refractivity contribution in [1.29, 1.82) is 0 Å². The van der Waals surface area contributed by atoms with Crippen molar-refractivity contribution in [1.82, 2.24) is 9.13 Å². The molecule has 0 saturated heterocycles. The Kier molecular flexibility index (Phi) is 9.62. The summed E-state index contributed by atoms with van der Waals surface area (Å²) in [6.45, 7) is 9.57. The second kappa shape index (κ2) is 16.6. The lowest BCUT2D eigenvalue weighted by atomic mass is 9.74. The molecule has 4 heteroatoms. The van der Waals surface area contributed by atoms with Crippen molar-refractivity contribution in [2.75, 3.05) is 9.80 Å². The predicted molar refractivity (Wildman–Crippen MR) is 320 cm³/mol. The molecule has 0 unspecified atom stereocenters. The van der Waals surface area contributed by atoms with Crippen LogP contribution < -0.4 is 9.80 Å². The molecule has 76 heavy (non-hydrogen) atoms. The molecule has 0 spiro atoms. The Morgan fingerprint density at radius 1 is 0.263 bits per heavy atom. The van der Waals surface area contributed by atoms with Crippen LogP contribution in [-0.2, 0) is 10.8 Å². The van der Waals surface area contributed by atoms with Gasteiger partial charge in [-0.1, -0.05) is 161 Å². The average Bonchev–Trinajstić information content (AvgIpc) is 4.00. The van der Waals surface area contributed by atoms with Gasteiger partial charge in [-0.2, -0.15) is 0 Å². The number of anilines is 6. The standard InChI is InChI=1S/C72H54N4/c1-71(2)61-29-17-19-31-67(61)75-65-39-37-55(45-57(65)59-41-49(43-63(71)69(59)75)47-21-9-5-10-22-47)74(54-35-33-53(34-36-54)73(51-25-13-7-14-26-51)52-27-15-8-16-28-52)56-38-40-66-58(46-56)60-42-50(48-23-11-6-12-24-48)44-64-70(60)76(66)68-32-20-18-30-62(68)72(64,3)4/h5-46H,1-4H3. The van der Waals surface area contributed by atoms with Crippen LogP contribution in [0.3, 0.4) is 0 Å². The quantitative estimate of drug-likeness (QED) is 0.151. The molecule has 0 amide bonds. The highest BCUT2D eigenvalue weighted by Gasteiger charge is 2.38. The normalized spacial score (nSPS) is 13.7. The van der Waals surface area contributed by atoms with Crippen LogP contribution in [0, 0.1) is 0 Å². The smallest absolute Gasteiger partial charge is 0.0582 e. The van der Waals surface area contributed by atoms with E-state index in [0.717, 1.165) is 34.1 Å². The van der Waals surface area contributed by atoms with Gasteiger partial charge in [0.25, 0.3) is 0 Å². The molecule has 2 aromatic heterocycles. The number of fused-ring (bicyclic) bond motifs is 10. The van der Waals surface area contributed by atoms with E-state index in [1.165, 1.54) is 99.5 Å². The van der Waals surface area contributed by atoms with E-state index in [0.29, 0.717) is 0 Å². The van der Waals surface area contributed by atoms with E-state index in [-0.39, 0.29) is 10.8 Å². The summed E-state index contributed by atoms with van der Waals surface area (Å²) in [6.07, 6.45) is 0. The van der Waals surface area contributed by atoms with Gasteiger partial charge >= 0.3 is 0 Å². The highest BCUT2D eigenvalue weighted by molar-refractivity contribution is 6.16. The summed E-state index contributed by atoms with van der Waals surface area (Å²) >= 11 is 0. The Bertz CT molecular complexity index is 4170. The number of para-hydroxylation sites is 4. The van der Waals surface area contributed by atoms with Crippen LogP contribution in [0.5, 0.6) is 0 Å². The summed E-state index contributed by atoms with van der Waals surface area (Å²) in [5, 5.41) is 4.96. The van der Waals surface area contributed by atoms with Crippen molar-refractivity contribution < 1.29 is 0 Å². The summed E-state index contributed by atoms with van der Waals surface area (Å²) in [6, 6.07) is 94.3. The maximum Gasteiger partial charge on any atom is 0.0582 e. The molecule has 4 nitrogen and oxygen atoms in total. The lowest BCUT2D eigenvalue weighted by Gasteiger charge is -2.35. The monoisotopic (exact) mass is 974 g/mol. The van der Waals surface area contributed by atoms with E-state index in [1.54, 1.807) is 0 Å². The molecular formula is C72H54N4. The maximum absolute atomic E-state index is 2.53. The first kappa shape index (κ1) is 44.1. The fourth-order valence-electron chi connectivity index (χ4n) is 13.1. The molecule has 15 rings (SSSR count). The Morgan fingerprint density at radius 3 is 1.00 bits per heavy atom. The fourth-order valence-corrected chi connectivity index (χ4v) is 13.1. The van der Waals surface area contributed by atoms with Gasteiger partial charge < -0.3 is 18.9 Å². The van der Waals surface area contributed by atoms with Crippen molar-refractivity contribution in [3.8, 4) is 33.6 Å². The van der Waals surface area contributed by atoms with Crippen LogP contribution in [0.25, 0.3) is 77.2 Å². The zero-order chi connectivity index (χ0) is 50.9. The van der Waals surface area contributed by atoms with Crippen molar-refractivity contribution in [3.05, 3.63) is 277 Å². The number of hydrogen-bond acceptors (Lipinski definition) is 2. The zero-order valence-electron chi connectivity index (χ0n) is 43.0. The minimum absolute atomic E-state index is 0.222. The van der Waals surface area contributed by atoms with Crippen molar-refractivity contribution in [2.45, 2.75) is 38.5 Å². The van der Waals surface area contributed by atoms with E-state index in [4.69, 9.17) is 0 Å². The van der Waals surface area contributed by atoms with E-state index in [2.05, 4.69) is 301 Å². The first-order valence-corrected chi connectivity index (χ1v) is 26.6. The topological polar surface area (TPSA) is 16.3 Å². The number of benzene rings is 11. The number of aromatic nitrogens is 2. The Hall–Kier alpha value is -9.38. The largest absolute Gasteiger partial charge is 0.311 e. The Balaban J connectivity index is 0.995. The van der Waals surface area contributed by atoms with Crippen LogP contribution in [0.4, 0.5) is 34.1 Å². The van der Waals surface area contributed by atoms with Crippen LogP contribution in [0.2, 0.25) is 0 Å². The summed E-state index contributed by atoms with van der Waals surface area (Å²) in [5.74, 6) is 0. The van der Waals surface area contributed by atoms with Crippen molar-refractivity contribution in [3.63, 3.8) is 0 Å². The third kappa shape index (κ3) is 6.50. The fraction of sp³-hybridized carbons (Fsp3) is 0.0833. The molecule has 11 aromatic carbocycles. The van der Waals surface area contributed by atoms with E-state index >= 15 is 0 Å². The van der Waals surface area contributed by atoms with Crippen molar-refractivity contribution >= 4 is 77.7 Å². The zero-order valence-corrected chi connectivity index (χ0v) is 43.0. The molecule has 2 aliphatic rings. The molecule has 13 aromatic rings. The third-order valence-corrected chi connectivity index (χ3v) is 16.8. The molecule has 4 heterocycles. The molecular weight excluding hydrogens is 921 g/mol. The number of nitrogens with zero attached hydrogens (tertiary/aromatic N) is 4. The van der Waals surface area contributed by atoms with Gasteiger partial charge in [-0.15, -0.1) is 0 Å². The Labute approximate surface area is 443 Å². The molecule has 0 bridgehead atoms. The summed E-state index contributed by atoms with van der Waals surface area (Å²) in [7, 11) is 0. The third-order valence-electron chi connectivity index (χ3n) is 16.8. The SMILES string of the molecule is CC1(C)c2ccccc2-n2c3ccc(N(c4ccc(N(c5ccccc5)c5ccccc5)cc4)c4ccc5c(c4)c4cc(-c6ccccc6)cc6c4n5-c4ccccc4C6(C)C)cc3c3cc(-c4ccccc4)cc1c32. The molecule has 0 fully saturated rings. The minimum Gasteiger partial charge on any atom is -0.311 e. The Morgan fingerprint density at radius 2 is 0.592 bits per heavy atom. The highest BCUT2D eigenvalue weighted by Crippen LogP contribution is 2.53. The van der Waals surface area contributed by atoms with E-state index in [9.17, 15) is 0 Å². The van der Waals surface area contributed by atoms with E-state index < -0.39 is 0 Å². The summed E-state index contributed by atoms with van der Waals surface area (Å²) < 4.78 is 5.06. The molecule has 0 atom stereocenters. The molecule has 2 aliphatic heterocycles. The van der Waals surface area contributed by atoms with Gasteiger partial charge in [-0.25, -0.2) is 0 Å². The van der Waals surface area contributed by atoms with Crippen molar-refractivity contribution in [2.24, 2.45) is 0 Å². The van der Waals surface area contributed by atoms with Gasteiger partial charge in [-0.05, 0) is 166 Å². The molecule has 0 N–H and O–H groups in total. The van der Waals surface area contributed by atoms with Gasteiger partial charge in [-0.3, -0.25) is 0 Å². The van der Waals surface area contributed by atoms with E-state index in [1.807, 2.05) is 0 Å². The molecule has 0 saturated carbocycles. The summed E-state index contributed by atoms with van der Waals surface area (Å²) in [4.78, 5) is 4.81. The minimum atomic E-state index is -0.222. The van der Waals surface area contributed by atoms with Crippen LogP contribution in [0.15, 0.2) is 255 Å². The molecule has 0 aliphatic carbocycles. The predicted octanol–water partition coefficient (Wildman–Crippen LogP) is 19.4. The van der Waals surface area contributed by atoms with Gasteiger partial charge in [0.15, 0.2) is 0 Å². The lowest BCUT2D eigenvalue weighted by Crippen LogP contribution is -2.26. The first-order valence-electron chi connectivity index (χ1n) is 26.6.